The van der Waals surface area contributed by atoms with Crippen LogP contribution in [0.3, 0.4) is 0 Å². The van der Waals surface area contributed by atoms with Crippen molar-refractivity contribution in [3.8, 4) is 0 Å². The van der Waals surface area contributed by atoms with Crippen LogP contribution in [-0.2, 0) is 10.8 Å². The third-order valence-corrected chi connectivity index (χ3v) is 7.07. The Hall–Kier alpha value is -2.53. The fourth-order valence-electron chi connectivity index (χ4n) is 5.06. The molecule has 0 saturated carbocycles. The Morgan fingerprint density at radius 2 is 1.78 bits per heavy atom. The van der Waals surface area contributed by atoms with E-state index in [4.69, 9.17) is 0 Å². The molecule has 0 radical (unpaired) electrons. The molecule has 2 aromatic carbocycles. The van der Waals surface area contributed by atoms with Gasteiger partial charge in [0.05, 0.1) is 0 Å². The first-order valence-electron chi connectivity index (χ1n) is 11.4. The summed E-state index contributed by atoms with van der Waals surface area (Å²) in [5.74, 6) is -2.23. The standard InChI is InChI=1S/C27H32F2N2O/c1-5-6-14-30-15-12-27(13-16-30)18-31(25(32)24-21(28)8-7-9-22(24)29)23-11-10-19(17-20(23)27)26(2,3)4/h5,7-11,17H,1,6,12-16,18H2,2-4H3. The van der Waals surface area contributed by atoms with E-state index in [2.05, 4.69) is 38.3 Å². The number of hydrogen-bond donors (Lipinski definition) is 0. The Morgan fingerprint density at radius 3 is 2.38 bits per heavy atom. The smallest absolute Gasteiger partial charge is 0.264 e. The minimum atomic E-state index is -0.817. The van der Waals surface area contributed by atoms with Crippen LogP contribution >= 0.6 is 0 Å². The number of carbonyl (C=O) groups excluding carboxylic acids is 1. The van der Waals surface area contributed by atoms with Crippen molar-refractivity contribution >= 4 is 11.6 Å². The third kappa shape index (κ3) is 3.99. The molecular formula is C27H32F2N2O. The molecule has 1 saturated heterocycles. The number of nitrogens with zero attached hydrogens (tertiary/aromatic N) is 2. The first-order chi connectivity index (χ1) is 15.2. The second kappa shape index (κ2) is 8.43. The average molecular weight is 439 g/mol. The number of amides is 1. The maximum absolute atomic E-state index is 14.5. The number of carbonyl (C=O) groups is 1. The molecule has 5 heteroatoms. The molecular weight excluding hydrogens is 406 g/mol. The molecule has 0 aliphatic carbocycles. The summed E-state index contributed by atoms with van der Waals surface area (Å²) in [6, 6.07) is 9.79. The van der Waals surface area contributed by atoms with E-state index < -0.39 is 23.1 Å². The highest BCUT2D eigenvalue weighted by Gasteiger charge is 2.47. The monoisotopic (exact) mass is 438 g/mol. The van der Waals surface area contributed by atoms with E-state index in [1.165, 1.54) is 11.6 Å². The molecule has 0 atom stereocenters. The lowest BCUT2D eigenvalue weighted by molar-refractivity contribution is 0.0968. The Labute approximate surface area is 189 Å². The first-order valence-corrected chi connectivity index (χ1v) is 11.4. The van der Waals surface area contributed by atoms with E-state index in [9.17, 15) is 13.6 Å². The molecule has 0 bridgehead atoms. The predicted molar refractivity (Wildman–Crippen MR) is 125 cm³/mol. The van der Waals surface area contributed by atoms with Crippen molar-refractivity contribution in [1.82, 2.24) is 4.90 Å². The van der Waals surface area contributed by atoms with Gasteiger partial charge in [-0.1, -0.05) is 45.0 Å². The van der Waals surface area contributed by atoms with Gasteiger partial charge in [0.25, 0.3) is 5.91 Å². The SMILES string of the molecule is C=CCCN1CCC2(CC1)CN(C(=O)c1c(F)cccc1F)c1ccc(C(C)(C)C)cc12. The Kier molecular flexibility index (Phi) is 5.97. The van der Waals surface area contributed by atoms with Crippen LogP contribution in [0.15, 0.2) is 49.1 Å². The van der Waals surface area contributed by atoms with Gasteiger partial charge in [0.1, 0.15) is 17.2 Å². The van der Waals surface area contributed by atoms with E-state index in [1.54, 1.807) is 4.90 Å². The van der Waals surface area contributed by atoms with Crippen LogP contribution in [0.5, 0.6) is 0 Å². The molecule has 1 spiro atoms. The van der Waals surface area contributed by atoms with E-state index in [0.717, 1.165) is 62.3 Å². The first kappa shape index (κ1) is 22.7. The summed E-state index contributed by atoms with van der Waals surface area (Å²) in [6.07, 6.45) is 4.71. The largest absolute Gasteiger partial charge is 0.307 e. The summed E-state index contributed by atoms with van der Waals surface area (Å²) in [4.78, 5) is 17.4. The van der Waals surface area contributed by atoms with Crippen molar-refractivity contribution < 1.29 is 13.6 Å². The lowest BCUT2D eigenvalue weighted by atomic mass is 9.72. The van der Waals surface area contributed by atoms with Crippen molar-refractivity contribution in [1.29, 1.82) is 0 Å². The normalized spacial score (nSPS) is 18.1. The van der Waals surface area contributed by atoms with Gasteiger partial charge in [0, 0.05) is 24.2 Å². The molecule has 2 heterocycles. The predicted octanol–water partition coefficient (Wildman–Crippen LogP) is 5.83. The minimum Gasteiger partial charge on any atom is -0.307 e. The highest BCUT2D eigenvalue weighted by Crippen LogP contribution is 2.49. The molecule has 32 heavy (non-hydrogen) atoms. The van der Waals surface area contributed by atoms with Gasteiger partial charge >= 0.3 is 0 Å². The molecule has 0 unspecified atom stereocenters. The zero-order valence-electron chi connectivity index (χ0n) is 19.3. The van der Waals surface area contributed by atoms with Crippen molar-refractivity contribution in [2.75, 3.05) is 31.1 Å². The quantitative estimate of drug-likeness (QED) is 0.561. The molecule has 2 aliphatic rings. The summed E-state index contributed by atoms with van der Waals surface area (Å²) in [5.41, 5.74) is 2.42. The summed E-state index contributed by atoms with van der Waals surface area (Å²) in [5, 5.41) is 0. The van der Waals surface area contributed by atoms with Crippen molar-refractivity contribution in [2.24, 2.45) is 0 Å². The third-order valence-electron chi connectivity index (χ3n) is 7.07. The van der Waals surface area contributed by atoms with Gasteiger partial charge in [-0.05, 0) is 67.1 Å². The van der Waals surface area contributed by atoms with Crippen LogP contribution in [0.2, 0.25) is 0 Å². The molecule has 0 aromatic heterocycles. The number of rotatable bonds is 4. The van der Waals surface area contributed by atoms with Crippen LogP contribution in [0.25, 0.3) is 0 Å². The van der Waals surface area contributed by atoms with Crippen LogP contribution < -0.4 is 4.90 Å². The summed E-state index contributed by atoms with van der Waals surface area (Å²) in [6.45, 7) is 13.6. The molecule has 3 nitrogen and oxygen atoms in total. The highest BCUT2D eigenvalue weighted by molar-refractivity contribution is 6.08. The van der Waals surface area contributed by atoms with Gasteiger partial charge in [-0.15, -0.1) is 6.58 Å². The maximum Gasteiger partial charge on any atom is 0.264 e. The maximum atomic E-state index is 14.5. The zero-order chi connectivity index (χ0) is 23.1. The van der Waals surface area contributed by atoms with Gasteiger partial charge in [-0.3, -0.25) is 4.79 Å². The van der Waals surface area contributed by atoms with Gasteiger partial charge in [0.15, 0.2) is 0 Å². The van der Waals surface area contributed by atoms with E-state index in [-0.39, 0.29) is 10.8 Å². The number of halogens is 2. The number of fused-ring (bicyclic) bond motifs is 2. The second-order valence-corrected chi connectivity index (χ2v) is 10.2. The Bertz CT molecular complexity index is 1010. The van der Waals surface area contributed by atoms with Crippen LogP contribution in [0.1, 0.15) is 61.5 Å². The van der Waals surface area contributed by atoms with Crippen LogP contribution in [0.4, 0.5) is 14.5 Å². The second-order valence-electron chi connectivity index (χ2n) is 10.2. The number of benzene rings is 2. The molecule has 0 N–H and O–H groups in total. The van der Waals surface area contributed by atoms with E-state index >= 15 is 0 Å². The molecule has 2 aromatic rings. The number of likely N-dealkylation sites (tertiary alicyclic amines) is 1. The number of anilines is 1. The topological polar surface area (TPSA) is 23.6 Å². The Morgan fingerprint density at radius 1 is 1.12 bits per heavy atom. The molecule has 170 valence electrons. The lowest BCUT2D eigenvalue weighted by Crippen LogP contribution is -2.46. The molecule has 4 rings (SSSR count). The fourth-order valence-corrected chi connectivity index (χ4v) is 5.06. The lowest BCUT2D eigenvalue weighted by Gasteiger charge is -2.40. The summed E-state index contributed by atoms with van der Waals surface area (Å²) in [7, 11) is 0. The highest BCUT2D eigenvalue weighted by atomic mass is 19.1. The van der Waals surface area contributed by atoms with Crippen molar-refractivity contribution in [3.63, 3.8) is 0 Å². The minimum absolute atomic E-state index is 0.0318. The van der Waals surface area contributed by atoms with Crippen LogP contribution in [-0.4, -0.2) is 37.0 Å². The molecule has 1 amide bonds. The van der Waals surface area contributed by atoms with Gasteiger partial charge in [0.2, 0.25) is 0 Å². The van der Waals surface area contributed by atoms with E-state index in [0.29, 0.717) is 6.54 Å². The van der Waals surface area contributed by atoms with Gasteiger partial charge < -0.3 is 9.80 Å². The fraction of sp³-hybridized carbons (Fsp3) is 0.444. The van der Waals surface area contributed by atoms with Gasteiger partial charge in [-0.25, -0.2) is 8.78 Å². The number of piperidine rings is 1. The van der Waals surface area contributed by atoms with Gasteiger partial charge in [-0.2, -0.15) is 0 Å². The van der Waals surface area contributed by atoms with E-state index in [1.807, 2.05) is 18.2 Å². The summed E-state index contributed by atoms with van der Waals surface area (Å²) >= 11 is 0. The molecule has 2 aliphatic heterocycles. The average Bonchev–Trinajstić information content (AvgIpc) is 3.06. The molecule has 1 fully saturated rings. The van der Waals surface area contributed by atoms with Crippen LogP contribution in [0, 0.1) is 11.6 Å². The van der Waals surface area contributed by atoms with Crippen molar-refractivity contribution in [3.05, 3.63) is 77.4 Å². The summed E-state index contributed by atoms with van der Waals surface area (Å²) < 4.78 is 28.9. The number of hydrogen-bond acceptors (Lipinski definition) is 2. The zero-order valence-corrected chi connectivity index (χ0v) is 19.3. The van der Waals surface area contributed by atoms with Crippen molar-refractivity contribution in [2.45, 2.75) is 50.9 Å². The Balaban J connectivity index is 1.73.